The monoisotopic (exact) mass is 306 g/mol. The topological polar surface area (TPSA) is 17.8 Å². The fourth-order valence-corrected chi connectivity index (χ4v) is 2.35. The van der Waals surface area contributed by atoms with Crippen LogP contribution < -0.4 is 0 Å². The van der Waals surface area contributed by atoms with E-state index in [1.165, 1.54) is 0 Å². The molecule has 84 valence electrons. The van der Waals surface area contributed by atoms with Gasteiger partial charge in [0, 0.05) is 10.2 Å². The number of fused-ring (bicyclic) bond motifs is 1. The van der Waals surface area contributed by atoms with Gasteiger partial charge in [-0.3, -0.25) is 4.57 Å². The second kappa shape index (κ2) is 4.17. The van der Waals surface area contributed by atoms with Crippen LogP contribution >= 0.6 is 27.5 Å². The van der Waals surface area contributed by atoms with Crippen molar-refractivity contribution in [2.24, 2.45) is 0 Å². The van der Waals surface area contributed by atoms with Gasteiger partial charge in [-0.15, -0.1) is 0 Å². The summed E-state index contributed by atoms with van der Waals surface area (Å²) < 4.78 is 3.04. The molecule has 4 heteroatoms. The molecule has 0 unspecified atom stereocenters. The summed E-state index contributed by atoms with van der Waals surface area (Å²) in [5.74, 6) is 0. The van der Waals surface area contributed by atoms with E-state index in [1.807, 2.05) is 47.0 Å². The standard InChI is InChI=1S/C13H8BrClN2/c14-9-4-6-10(7-5-9)17-8-16-12-3-1-2-11(15)13(12)17/h1-8H. The third kappa shape index (κ3) is 1.85. The maximum Gasteiger partial charge on any atom is 0.100 e. The highest BCUT2D eigenvalue weighted by atomic mass is 79.9. The van der Waals surface area contributed by atoms with Crippen molar-refractivity contribution in [2.45, 2.75) is 0 Å². The van der Waals surface area contributed by atoms with Gasteiger partial charge in [-0.25, -0.2) is 4.98 Å². The SMILES string of the molecule is Clc1cccc2ncn(-c3ccc(Br)cc3)c12. The van der Waals surface area contributed by atoms with Gasteiger partial charge in [-0.1, -0.05) is 33.6 Å². The highest BCUT2D eigenvalue weighted by Crippen LogP contribution is 2.25. The van der Waals surface area contributed by atoms with Crippen LogP contribution in [0.5, 0.6) is 0 Å². The number of benzene rings is 2. The molecular weight excluding hydrogens is 300 g/mol. The van der Waals surface area contributed by atoms with E-state index in [4.69, 9.17) is 11.6 Å². The van der Waals surface area contributed by atoms with Crippen molar-refractivity contribution in [3.63, 3.8) is 0 Å². The Balaban J connectivity index is 2.27. The molecule has 3 rings (SSSR count). The third-order valence-electron chi connectivity index (χ3n) is 2.62. The van der Waals surface area contributed by atoms with Gasteiger partial charge >= 0.3 is 0 Å². The zero-order chi connectivity index (χ0) is 11.8. The van der Waals surface area contributed by atoms with Gasteiger partial charge in [-0.2, -0.15) is 0 Å². The van der Waals surface area contributed by atoms with Gasteiger partial charge in [0.05, 0.1) is 16.1 Å². The third-order valence-corrected chi connectivity index (χ3v) is 3.46. The van der Waals surface area contributed by atoms with E-state index < -0.39 is 0 Å². The molecule has 3 aromatic rings. The largest absolute Gasteiger partial charge is 0.297 e. The van der Waals surface area contributed by atoms with Crippen molar-refractivity contribution in [3.05, 3.63) is 58.3 Å². The predicted molar refractivity (Wildman–Crippen MR) is 73.8 cm³/mol. The minimum absolute atomic E-state index is 0.711. The van der Waals surface area contributed by atoms with Crippen LogP contribution in [-0.4, -0.2) is 9.55 Å². The summed E-state index contributed by atoms with van der Waals surface area (Å²) >= 11 is 9.64. The molecule has 0 spiro atoms. The molecule has 0 saturated heterocycles. The first kappa shape index (κ1) is 10.8. The number of hydrogen-bond donors (Lipinski definition) is 0. The van der Waals surface area contributed by atoms with Gasteiger partial charge in [0.25, 0.3) is 0 Å². The zero-order valence-electron chi connectivity index (χ0n) is 8.77. The van der Waals surface area contributed by atoms with E-state index in [9.17, 15) is 0 Å². The van der Waals surface area contributed by atoms with Gasteiger partial charge in [0.15, 0.2) is 0 Å². The summed E-state index contributed by atoms with van der Waals surface area (Å²) in [6.07, 6.45) is 1.79. The maximum atomic E-state index is 6.21. The second-order valence-corrected chi connectivity index (χ2v) is 5.02. The summed E-state index contributed by atoms with van der Waals surface area (Å²) in [6, 6.07) is 13.8. The van der Waals surface area contributed by atoms with Crippen molar-refractivity contribution in [1.29, 1.82) is 0 Å². The minimum atomic E-state index is 0.711. The Morgan fingerprint density at radius 1 is 1.06 bits per heavy atom. The van der Waals surface area contributed by atoms with Gasteiger partial charge in [0.2, 0.25) is 0 Å². The van der Waals surface area contributed by atoms with Crippen molar-refractivity contribution >= 4 is 38.6 Å². The number of para-hydroxylation sites is 1. The lowest BCUT2D eigenvalue weighted by molar-refractivity contribution is 1.09. The van der Waals surface area contributed by atoms with Gasteiger partial charge in [-0.05, 0) is 36.4 Å². The normalized spacial score (nSPS) is 10.9. The lowest BCUT2D eigenvalue weighted by Crippen LogP contribution is -1.91. The first-order chi connectivity index (χ1) is 8.25. The smallest absolute Gasteiger partial charge is 0.100 e. The summed E-state index contributed by atoms with van der Waals surface area (Å²) in [4.78, 5) is 4.35. The molecule has 2 aromatic carbocycles. The van der Waals surface area contributed by atoms with E-state index in [0.717, 1.165) is 21.2 Å². The van der Waals surface area contributed by atoms with Gasteiger partial charge in [0.1, 0.15) is 6.33 Å². The summed E-state index contributed by atoms with van der Waals surface area (Å²) in [5, 5.41) is 0.711. The number of hydrogen-bond acceptors (Lipinski definition) is 1. The molecule has 1 heterocycles. The molecule has 0 bridgehead atoms. The van der Waals surface area contributed by atoms with Crippen LogP contribution in [0.4, 0.5) is 0 Å². The van der Waals surface area contributed by atoms with Crippen molar-refractivity contribution < 1.29 is 0 Å². The number of rotatable bonds is 1. The van der Waals surface area contributed by atoms with Crippen LogP contribution in [0, 0.1) is 0 Å². The zero-order valence-corrected chi connectivity index (χ0v) is 11.1. The van der Waals surface area contributed by atoms with E-state index in [1.54, 1.807) is 6.33 Å². The fourth-order valence-electron chi connectivity index (χ4n) is 1.82. The number of imidazole rings is 1. The molecular formula is C13H8BrClN2. The quantitative estimate of drug-likeness (QED) is 0.650. The molecule has 0 saturated carbocycles. The van der Waals surface area contributed by atoms with Crippen LogP contribution in [-0.2, 0) is 0 Å². The predicted octanol–water partition coefficient (Wildman–Crippen LogP) is 4.44. The Morgan fingerprint density at radius 3 is 2.59 bits per heavy atom. The second-order valence-electron chi connectivity index (χ2n) is 3.70. The molecule has 17 heavy (non-hydrogen) atoms. The summed E-state index contributed by atoms with van der Waals surface area (Å²) in [6.45, 7) is 0. The molecule has 0 amide bonds. The van der Waals surface area contributed by atoms with Crippen LogP contribution in [0.1, 0.15) is 0 Å². The Bertz CT molecular complexity index is 673. The first-order valence-corrected chi connectivity index (χ1v) is 6.30. The molecule has 0 aliphatic heterocycles. The van der Waals surface area contributed by atoms with Crippen molar-refractivity contribution in [2.75, 3.05) is 0 Å². The number of nitrogens with zero attached hydrogens (tertiary/aromatic N) is 2. The van der Waals surface area contributed by atoms with E-state index in [-0.39, 0.29) is 0 Å². The van der Waals surface area contributed by atoms with Crippen molar-refractivity contribution in [1.82, 2.24) is 9.55 Å². The molecule has 0 aliphatic carbocycles. The highest BCUT2D eigenvalue weighted by molar-refractivity contribution is 9.10. The Hall–Kier alpha value is -1.32. The Morgan fingerprint density at radius 2 is 1.82 bits per heavy atom. The van der Waals surface area contributed by atoms with E-state index >= 15 is 0 Å². The van der Waals surface area contributed by atoms with Gasteiger partial charge < -0.3 is 0 Å². The molecule has 0 N–H and O–H groups in total. The Labute approximate surface area is 112 Å². The maximum absolute atomic E-state index is 6.21. The molecule has 0 radical (unpaired) electrons. The summed E-state index contributed by atoms with van der Waals surface area (Å²) in [5.41, 5.74) is 2.89. The molecule has 0 atom stereocenters. The van der Waals surface area contributed by atoms with Crippen LogP contribution in [0.15, 0.2) is 53.3 Å². The molecule has 1 aromatic heterocycles. The van der Waals surface area contributed by atoms with Crippen molar-refractivity contribution in [3.8, 4) is 5.69 Å². The highest BCUT2D eigenvalue weighted by Gasteiger charge is 2.07. The lowest BCUT2D eigenvalue weighted by atomic mass is 10.3. The molecule has 0 aliphatic rings. The first-order valence-electron chi connectivity index (χ1n) is 5.13. The minimum Gasteiger partial charge on any atom is -0.297 e. The fraction of sp³-hybridized carbons (Fsp3) is 0. The van der Waals surface area contributed by atoms with E-state index in [0.29, 0.717) is 5.02 Å². The summed E-state index contributed by atoms with van der Waals surface area (Å²) in [7, 11) is 0. The lowest BCUT2D eigenvalue weighted by Gasteiger charge is -2.05. The number of aromatic nitrogens is 2. The molecule has 2 nitrogen and oxygen atoms in total. The van der Waals surface area contributed by atoms with Crippen LogP contribution in [0.2, 0.25) is 5.02 Å². The van der Waals surface area contributed by atoms with Crippen LogP contribution in [0.25, 0.3) is 16.7 Å². The van der Waals surface area contributed by atoms with E-state index in [2.05, 4.69) is 20.9 Å². The average molecular weight is 308 g/mol. The Kier molecular flexibility index (Phi) is 2.65. The number of halogens is 2. The average Bonchev–Trinajstić information content (AvgIpc) is 2.75. The van der Waals surface area contributed by atoms with Crippen LogP contribution in [0.3, 0.4) is 0 Å². The molecule has 0 fully saturated rings.